The van der Waals surface area contributed by atoms with Gasteiger partial charge in [-0.15, -0.1) is 0 Å². The van der Waals surface area contributed by atoms with E-state index in [9.17, 15) is 4.79 Å². The smallest absolute Gasteiger partial charge is 0.319 e. The summed E-state index contributed by atoms with van der Waals surface area (Å²) in [7, 11) is 0. The van der Waals surface area contributed by atoms with Crippen molar-refractivity contribution >= 4 is 50.2 Å². The molecule has 0 aliphatic carbocycles. The summed E-state index contributed by atoms with van der Waals surface area (Å²) < 4.78 is 7.88. The van der Waals surface area contributed by atoms with Crippen LogP contribution in [0.3, 0.4) is 0 Å². The van der Waals surface area contributed by atoms with Crippen molar-refractivity contribution in [2.24, 2.45) is 0 Å². The highest BCUT2D eigenvalue weighted by molar-refractivity contribution is 14.1. The Bertz CT molecular complexity index is 742. The van der Waals surface area contributed by atoms with E-state index in [0.29, 0.717) is 13.2 Å². The maximum Gasteiger partial charge on any atom is 0.319 e. The van der Waals surface area contributed by atoms with Gasteiger partial charge in [-0.3, -0.25) is 0 Å². The van der Waals surface area contributed by atoms with Crippen molar-refractivity contribution in [3.8, 4) is 5.75 Å². The Balaban J connectivity index is 1.70. The van der Waals surface area contributed by atoms with Crippen LogP contribution < -0.4 is 15.4 Å². The van der Waals surface area contributed by atoms with E-state index in [0.717, 1.165) is 25.9 Å². The van der Waals surface area contributed by atoms with Gasteiger partial charge in [0.15, 0.2) is 0 Å². The lowest BCUT2D eigenvalue weighted by Gasteiger charge is -2.20. The highest BCUT2D eigenvalue weighted by Crippen LogP contribution is 2.31. The molecule has 140 valence electrons. The van der Waals surface area contributed by atoms with Crippen molar-refractivity contribution in [2.45, 2.75) is 32.6 Å². The molecule has 0 heterocycles. The summed E-state index contributed by atoms with van der Waals surface area (Å²) >= 11 is 5.80. The molecule has 2 amide bonds. The first-order valence-corrected chi connectivity index (χ1v) is 10.4. The van der Waals surface area contributed by atoms with Gasteiger partial charge in [0.05, 0.1) is 11.1 Å². The number of carbonyl (C=O) groups is 1. The average molecular weight is 531 g/mol. The van der Waals surface area contributed by atoms with E-state index in [1.54, 1.807) is 0 Å². The molecule has 0 atom stereocenters. The van der Waals surface area contributed by atoms with Crippen LogP contribution in [0.2, 0.25) is 0 Å². The molecule has 0 unspecified atom stereocenters. The lowest BCUT2D eigenvalue weighted by Crippen LogP contribution is -2.30. The molecule has 2 N–H and O–H groups in total. The van der Waals surface area contributed by atoms with Crippen LogP contribution in [0.4, 0.5) is 10.5 Å². The Labute approximate surface area is 177 Å². The third-order valence-corrected chi connectivity index (χ3v) is 5.10. The van der Waals surface area contributed by atoms with Crippen molar-refractivity contribution in [2.75, 3.05) is 18.5 Å². The van der Waals surface area contributed by atoms with Gasteiger partial charge in [-0.2, -0.15) is 0 Å². The van der Waals surface area contributed by atoms with Crippen molar-refractivity contribution in [1.29, 1.82) is 0 Å². The zero-order chi connectivity index (χ0) is 19.2. The molecule has 0 saturated carbocycles. The van der Waals surface area contributed by atoms with Crippen LogP contribution in [-0.4, -0.2) is 19.2 Å². The molecule has 0 saturated heterocycles. The number of anilines is 1. The van der Waals surface area contributed by atoms with Gasteiger partial charge in [-0.05, 0) is 92.3 Å². The largest absolute Gasteiger partial charge is 0.492 e. The van der Waals surface area contributed by atoms with E-state index in [4.69, 9.17) is 4.74 Å². The zero-order valence-electron chi connectivity index (χ0n) is 15.2. The number of amides is 2. The average Bonchev–Trinajstić information content (AvgIpc) is 2.57. The van der Waals surface area contributed by atoms with E-state index in [1.165, 1.54) is 5.56 Å². The number of carbonyl (C=O) groups excluding carboxylic acids is 1. The highest BCUT2D eigenvalue weighted by atomic mass is 127. The third kappa shape index (κ3) is 6.79. The molecule has 4 nitrogen and oxygen atoms in total. The predicted octanol–water partition coefficient (Wildman–Crippen LogP) is 5.94. The second-order valence-electron chi connectivity index (χ2n) is 6.99. The van der Waals surface area contributed by atoms with Crippen molar-refractivity contribution in [3.63, 3.8) is 0 Å². The molecule has 0 aliphatic rings. The molecule has 2 aromatic rings. The molecule has 0 spiro atoms. The van der Waals surface area contributed by atoms with Gasteiger partial charge in [0, 0.05) is 15.8 Å². The normalized spacial score (nSPS) is 11.1. The van der Waals surface area contributed by atoms with Gasteiger partial charge < -0.3 is 15.4 Å². The Morgan fingerprint density at radius 1 is 1.15 bits per heavy atom. The summed E-state index contributed by atoms with van der Waals surface area (Å²) in [5, 5.41) is 5.64. The van der Waals surface area contributed by atoms with Crippen LogP contribution in [0.25, 0.3) is 0 Å². The number of hydrogen-bond acceptors (Lipinski definition) is 2. The minimum Gasteiger partial charge on any atom is -0.492 e. The standard InChI is InChI=1S/C20H24BrIN2O2/c1-20(2,3)14-5-10-18(17(21)13-14)26-12-4-11-23-19(25)24-16-8-6-15(22)7-9-16/h5-10,13H,4,11-12H2,1-3H3,(H2,23,24,25). The van der Waals surface area contributed by atoms with E-state index >= 15 is 0 Å². The van der Waals surface area contributed by atoms with Gasteiger partial charge in [0.25, 0.3) is 0 Å². The topological polar surface area (TPSA) is 50.4 Å². The van der Waals surface area contributed by atoms with Crippen LogP contribution in [0.15, 0.2) is 46.9 Å². The summed E-state index contributed by atoms with van der Waals surface area (Å²) in [6, 6.07) is 13.6. The molecule has 26 heavy (non-hydrogen) atoms. The number of hydrogen-bond donors (Lipinski definition) is 2. The molecule has 6 heteroatoms. The van der Waals surface area contributed by atoms with Gasteiger partial charge in [0.2, 0.25) is 0 Å². The van der Waals surface area contributed by atoms with Gasteiger partial charge in [0.1, 0.15) is 5.75 Å². The fraction of sp³-hybridized carbons (Fsp3) is 0.350. The van der Waals surface area contributed by atoms with Gasteiger partial charge in [-0.1, -0.05) is 26.8 Å². The first-order valence-electron chi connectivity index (χ1n) is 8.49. The monoisotopic (exact) mass is 530 g/mol. The SMILES string of the molecule is CC(C)(C)c1ccc(OCCCNC(=O)Nc2ccc(I)cc2)c(Br)c1. The first-order chi connectivity index (χ1) is 12.3. The maximum atomic E-state index is 11.8. The van der Waals surface area contributed by atoms with Gasteiger partial charge in [-0.25, -0.2) is 4.79 Å². The number of halogens is 2. The number of urea groups is 1. The van der Waals surface area contributed by atoms with Crippen LogP contribution in [0, 0.1) is 3.57 Å². The van der Waals surface area contributed by atoms with E-state index < -0.39 is 0 Å². The number of ether oxygens (including phenoxy) is 1. The third-order valence-electron chi connectivity index (χ3n) is 3.76. The summed E-state index contributed by atoms with van der Waals surface area (Å²) in [4.78, 5) is 11.8. The summed E-state index contributed by atoms with van der Waals surface area (Å²) in [5.41, 5.74) is 2.14. The number of benzene rings is 2. The van der Waals surface area contributed by atoms with Crippen molar-refractivity contribution < 1.29 is 9.53 Å². The molecular weight excluding hydrogens is 507 g/mol. The number of rotatable bonds is 6. The quantitative estimate of drug-likeness (QED) is 0.358. The molecule has 0 radical (unpaired) electrons. The fourth-order valence-corrected chi connectivity index (χ4v) is 3.10. The lowest BCUT2D eigenvalue weighted by molar-refractivity contribution is 0.250. The fourth-order valence-electron chi connectivity index (χ4n) is 2.25. The molecule has 0 bridgehead atoms. The molecule has 0 fully saturated rings. The zero-order valence-corrected chi connectivity index (χ0v) is 19.0. The Hall–Kier alpha value is -1.28. The lowest BCUT2D eigenvalue weighted by atomic mass is 9.87. The summed E-state index contributed by atoms with van der Waals surface area (Å²) in [5.74, 6) is 0.821. The second-order valence-corrected chi connectivity index (χ2v) is 9.08. The summed E-state index contributed by atoms with van der Waals surface area (Å²) in [6.45, 7) is 7.64. The molecule has 2 aromatic carbocycles. The molecule has 2 rings (SSSR count). The van der Waals surface area contributed by atoms with Gasteiger partial charge >= 0.3 is 6.03 Å². The van der Waals surface area contributed by atoms with Crippen molar-refractivity contribution in [1.82, 2.24) is 5.32 Å². The van der Waals surface area contributed by atoms with Crippen LogP contribution >= 0.6 is 38.5 Å². The van der Waals surface area contributed by atoms with Crippen LogP contribution in [-0.2, 0) is 5.41 Å². The van der Waals surface area contributed by atoms with Crippen molar-refractivity contribution in [3.05, 3.63) is 56.1 Å². The highest BCUT2D eigenvalue weighted by Gasteiger charge is 2.15. The number of nitrogens with one attached hydrogen (secondary N) is 2. The minimum atomic E-state index is -0.207. The molecule has 0 aliphatic heterocycles. The Morgan fingerprint density at radius 3 is 2.46 bits per heavy atom. The predicted molar refractivity (Wildman–Crippen MR) is 119 cm³/mol. The molecule has 0 aromatic heterocycles. The van der Waals surface area contributed by atoms with E-state index in [-0.39, 0.29) is 11.4 Å². The second kappa shape index (κ2) is 9.60. The Kier molecular flexibility index (Phi) is 7.76. The maximum absolute atomic E-state index is 11.8. The minimum absolute atomic E-state index is 0.107. The molecular formula is C20H24BrIN2O2. The summed E-state index contributed by atoms with van der Waals surface area (Å²) in [6.07, 6.45) is 0.730. The first kappa shape index (κ1) is 21.0. The van der Waals surface area contributed by atoms with Crippen LogP contribution in [0.1, 0.15) is 32.8 Å². The van der Waals surface area contributed by atoms with Crippen LogP contribution in [0.5, 0.6) is 5.75 Å². The van der Waals surface area contributed by atoms with E-state index in [2.05, 4.69) is 82.1 Å². The Morgan fingerprint density at radius 2 is 1.85 bits per heavy atom. The van der Waals surface area contributed by atoms with E-state index in [1.807, 2.05) is 30.3 Å².